The summed E-state index contributed by atoms with van der Waals surface area (Å²) < 4.78 is 16.1. The van der Waals surface area contributed by atoms with Gasteiger partial charge in [0.25, 0.3) is 0 Å². The Morgan fingerprint density at radius 3 is 2.52 bits per heavy atom. The largest absolute Gasteiger partial charge is 0.486 e. The van der Waals surface area contributed by atoms with E-state index in [0.717, 1.165) is 5.56 Å². The number of carbonyl (C=O) groups is 1. The molecule has 2 aromatic carbocycles. The number of benzene rings is 2. The molecule has 0 N–H and O–H groups in total. The van der Waals surface area contributed by atoms with E-state index in [2.05, 4.69) is 6.58 Å². The molecule has 0 unspecified atom stereocenters. The highest BCUT2D eigenvalue weighted by Gasteiger charge is 2.12. The average Bonchev–Trinajstić information content (AvgIpc) is 2.59. The molecule has 0 aliphatic heterocycles. The van der Waals surface area contributed by atoms with Crippen molar-refractivity contribution in [2.24, 2.45) is 0 Å². The quantitative estimate of drug-likeness (QED) is 0.561. The zero-order valence-electron chi connectivity index (χ0n) is 12.8. The normalized spacial score (nSPS) is 10.0. The van der Waals surface area contributed by atoms with Gasteiger partial charge in [-0.2, -0.15) is 0 Å². The summed E-state index contributed by atoms with van der Waals surface area (Å²) in [5, 5.41) is 0.663. The summed E-state index contributed by atoms with van der Waals surface area (Å²) in [4.78, 5) is 11.7. The van der Waals surface area contributed by atoms with Crippen molar-refractivity contribution < 1.29 is 19.0 Å². The van der Waals surface area contributed by atoms with Crippen LogP contribution in [0.4, 0.5) is 0 Å². The van der Waals surface area contributed by atoms with Gasteiger partial charge in [-0.15, -0.1) is 0 Å². The average molecular weight is 333 g/mol. The van der Waals surface area contributed by atoms with Gasteiger partial charge in [-0.05, 0) is 35.9 Å². The zero-order valence-corrected chi connectivity index (χ0v) is 13.5. The van der Waals surface area contributed by atoms with Crippen molar-refractivity contribution in [1.29, 1.82) is 0 Å². The monoisotopic (exact) mass is 332 g/mol. The summed E-state index contributed by atoms with van der Waals surface area (Å²) in [5.74, 6) is 0.563. The molecular weight excluding hydrogens is 316 g/mol. The van der Waals surface area contributed by atoms with Crippen LogP contribution in [0.15, 0.2) is 55.1 Å². The Hall–Kier alpha value is -2.46. The number of methoxy groups -OCH3 is 1. The zero-order chi connectivity index (χ0) is 16.7. The fourth-order valence-electron chi connectivity index (χ4n) is 1.88. The third kappa shape index (κ3) is 4.76. The highest BCUT2D eigenvalue weighted by molar-refractivity contribution is 6.30. The van der Waals surface area contributed by atoms with Crippen LogP contribution >= 0.6 is 11.6 Å². The summed E-state index contributed by atoms with van der Waals surface area (Å²) in [7, 11) is 1.33. The number of rotatable bonds is 7. The molecule has 0 saturated heterocycles. The Morgan fingerprint density at radius 2 is 1.87 bits per heavy atom. The lowest BCUT2D eigenvalue weighted by Gasteiger charge is -2.13. The maximum absolute atomic E-state index is 11.7. The summed E-state index contributed by atoms with van der Waals surface area (Å²) in [5.41, 5.74) is 1.34. The van der Waals surface area contributed by atoms with Gasteiger partial charge < -0.3 is 14.2 Å². The van der Waals surface area contributed by atoms with Crippen LogP contribution < -0.4 is 9.47 Å². The molecule has 5 heteroatoms. The number of esters is 1. The molecular formula is C18H17ClO4. The van der Waals surface area contributed by atoms with Crippen LogP contribution in [-0.4, -0.2) is 19.7 Å². The number of halogens is 1. The van der Waals surface area contributed by atoms with E-state index in [1.54, 1.807) is 36.4 Å². The first-order valence-electron chi connectivity index (χ1n) is 6.97. The van der Waals surface area contributed by atoms with Gasteiger partial charge in [0.2, 0.25) is 0 Å². The van der Waals surface area contributed by atoms with Crippen molar-refractivity contribution in [1.82, 2.24) is 0 Å². The maximum atomic E-state index is 11.7. The molecule has 0 saturated carbocycles. The minimum atomic E-state index is -0.434. The lowest BCUT2D eigenvalue weighted by molar-refractivity contribution is 0.0600. The molecule has 2 aromatic rings. The van der Waals surface area contributed by atoms with Crippen molar-refractivity contribution >= 4 is 17.6 Å². The molecule has 0 aliphatic rings. The Kier molecular flexibility index (Phi) is 6.06. The first-order valence-corrected chi connectivity index (χ1v) is 7.35. The molecule has 0 aromatic heterocycles. The smallest absolute Gasteiger partial charge is 0.337 e. The molecule has 120 valence electrons. The van der Waals surface area contributed by atoms with Gasteiger partial charge in [-0.1, -0.05) is 36.4 Å². The number of ether oxygens (including phenoxy) is 3. The first-order chi connectivity index (χ1) is 11.1. The fraction of sp³-hybridized carbons (Fsp3) is 0.167. The van der Waals surface area contributed by atoms with E-state index in [4.69, 9.17) is 25.8 Å². The van der Waals surface area contributed by atoms with Gasteiger partial charge in [0, 0.05) is 5.02 Å². The second kappa shape index (κ2) is 8.25. The van der Waals surface area contributed by atoms with Gasteiger partial charge in [0.1, 0.15) is 13.2 Å². The van der Waals surface area contributed by atoms with Crippen molar-refractivity contribution in [2.45, 2.75) is 6.61 Å². The second-order valence-electron chi connectivity index (χ2n) is 4.67. The first kappa shape index (κ1) is 16.9. The minimum absolute atomic E-state index is 0.326. The molecule has 23 heavy (non-hydrogen) atoms. The van der Waals surface area contributed by atoms with Crippen LogP contribution in [0.1, 0.15) is 15.9 Å². The van der Waals surface area contributed by atoms with E-state index in [9.17, 15) is 4.79 Å². The lowest BCUT2D eigenvalue weighted by atomic mass is 10.2. The topological polar surface area (TPSA) is 44.8 Å². The number of carbonyl (C=O) groups excluding carboxylic acids is 1. The van der Waals surface area contributed by atoms with E-state index in [-0.39, 0.29) is 0 Å². The third-order valence-electron chi connectivity index (χ3n) is 3.03. The second-order valence-corrected chi connectivity index (χ2v) is 5.10. The van der Waals surface area contributed by atoms with Gasteiger partial charge in [0.15, 0.2) is 11.5 Å². The van der Waals surface area contributed by atoms with Crippen LogP contribution in [-0.2, 0) is 11.3 Å². The lowest BCUT2D eigenvalue weighted by Crippen LogP contribution is -2.04. The van der Waals surface area contributed by atoms with Crippen LogP contribution in [0.2, 0.25) is 5.02 Å². The van der Waals surface area contributed by atoms with Crippen molar-refractivity contribution in [3.63, 3.8) is 0 Å². The number of hydrogen-bond acceptors (Lipinski definition) is 4. The Balaban J connectivity index is 2.19. The fourth-order valence-corrected chi connectivity index (χ4v) is 2.00. The molecule has 2 rings (SSSR count). The van der Waals surface area contributed by atoms with Crippen LogP contribution in [0.25, 0.3) is 0 Å². The third-order valence-corrected chi connectivity index (χ3v) is 3.28. The summed E-state index contributed by atoms with van der Waals surface area (Å²) >= 11 is 5.86. The Labute approximate surface area is 140 Å². The van der Waals surface area contributed by atoms with Crippen LogP contribution in [0.5, 0.6) is 11.5 Å². The van der Waals surface area contributed by atoms with Gasteiger partial charge >= 0.3 is 5.97 Å². The Bertz CT molecular complexity index is 680. The molecule has 0 atom stereocenters. The van der Waals surface area contributed by atoms with E-state index in [1.807, 2.05) is 12.1 Å². The van der Waals surface area contributed by atoms with Gasteiger partial charge in [0.05, 0.1) is 12.7 Å². The molecule has 0 fully saturated rings. The molecule has 0 spiro atoms. The SMILES string of the molecule is C=CCOc1ccc(C(=O)OC)cc1OCc1ccc(Cl)cc1. The highest BCUT2D eigenvalue weighted by Crippen LogP contribution is 2.29. The summed E-state index contributed by atoms with van der Waals surface area (Å²) in [6.45, 7) is 4.28. The van der Waals surface area contributed by atoms with E-state index < -0.39 is 5.97 Å². The standard InChI is InChI=1S/C18H17ClO4/c1-3-10-22-16-9-6-14(18(20)21-2)11-17(16)23-12-13-4-7-15(19)8-5-13/h3-9,11H,1,10,12H2,2H3. The predicted octanol–water partition coefficient (Wildman–Crippen LogP) is 4.27. The molecule has 0 aliphatic carbocycles. The summed E-state index contributed by atoms with van der Waals surface area (Å²) in [6.07, 6.45) is 1.64. The van der Waals surface area contributed by atoms with Crippen molar-refractivity contribution in [3.8, 4) is 11.5 Å². The molecule has 0 radical (unpaired) electrons. The maximum Gasteiger partial charge on any atom is 0.337 e. The van der Waals surface area contributed by atoms with E-state index >= 15 is 0 Å². The Morgan fingerprint density at radius 1 is 1.13 bits per heavy atom. The predicted molar refractivity (Wildman–Crippen MR) is 89.3 cm³/mol. The number of hydrogen-bond donors (Lipinski definition) is 0. The molecule has 0 amide bonds. The van der Waals surface area contributed by atoms with Crippen molar-refractivity contribution in [3.05, 3.63) is 71.3 Å². The van der Waals surface area contributed by atoms with Crippen LogP contribution in [0, 0.1) is 0 Å². The molecule has 0 bridgehead atoms. The highest BCUT2D eigenvalue weighted by atomic mass is 35.5. The van der Waals surface area contributed by atoms with Gasteiger partial charge in [-0.25, -0.2) is 4.79 Å². The molecule has 0 heterocycles. The minimum Gasteiger partial charge on any atom is -0.486 e. The summed E-state index contributed by atoms with van der Waals surface area (Å²) in [6, 6.07) is 12.2. The van der Waals surface area contributed by atoms with Gasteiger partial charge in [-0.3, -0.25) is 0 Å². The van der Waals surface area contributed by atoms with E-state index in [0.29, 0.717) is 35.3 Å². The van der Waals surface area contributed by atoms with Crippen molar-refractivity contribution in [2.75, 3.05) is 13.7 Å². The molecule has 4 nitrogen and oxygen atoms in total. The van der Waals surface area contributed by atoms with E-state index in [1.165, 1.54) is 7.11 Å². The van der Waals surface area contributed by atoms with Crippen LogP contribution in [0.3, 0.4) is 0 Å².